The Hall–Kier alpha value is -3.30. The summed E-state index contributed by atoms with van der Waals surface area (Å²) in [4.78, 5) is 5.20. The molecular weight excluding hydrogens is 320 g/mol. The second kappa shape index (κ2) is 6.86. The molecule has 0 bridgehead atoms. The molecule has 2 aromatic heterocycles. The van der Waals surface area contributed by atoms with E-state index in [0.29, 0.717) is 16.7 Å². The molecule has 0 saturated carbocycles. The molecule has 0 aliphatic heterocycles. The summed E-state index contributed by atoms with van der Waals surface area (Å²) in [5, 5.41) is 26.8. The van der Waals surface area contributed by atoms with Gasteiger partial charge >= 0.3 is 0 Å². The molecule has 6 heteroatoms. The Morgan fingerprint density at radius 1 is 1.04 bits per heavy atom. The lowest BCUT2D eigenvalue weighted by Crippen LogP contribution is -2.13. The van der Waals surface area contributed by atoms with Crippen LogP contribution in [-0.4, -0.2) is 16.8 Å². The fraction of sp³-hybridized carbons (Fsp3) is 0. The highest BCUT2D eigenvalue weighted by atomic mass is 32.1. The minimum atomic E-state index is -0.147. The van der Waals surface area contributed by atoms with Crippen LogP contribution < -0.4 is 0 Å². The van der Waals surface area contributed by atoms with Crippen molar-refractivity contribution in [1.82, 2.24) is 4.98 Å². The Labute approximate surface area is 142 Å². The van der Waals surface area contributed by atoms with E-state index in [9.17, 15) is 0 Å². The van der Waals surface area contributed by atoms with Crippen LogP contribution in [-0.2, 0) is 4.74 Å². The zero-order chi connectivity index (χ0) is 16.9. The molecular formula is C18H12N4OS. The Bertz CT molecular complexity index is 924. The third-order valence-corrected chi connectivity index (χ3v) is 4.21. The van der Waals surface area contributed by atoms with E-state index in [1.54, 1.807) is 41.8 Å². The van der Waals surface area contributed by atoms with Crippen molar-refractivity contribution in [2.75, 3.05) is 0 Å². The molecule has 2 heterocycles. The first-order valence-corrected chi connectivity index (χ1v) is 7.90. The second-order valence-corrected chi connectivity index (χ2v) is 5.84. The molecule has 0 fully saturated rings. The maximum Gasteiger partial charge on any atom is 0.222 e. The predicted molar refractivity (Wildman–Crippen MR) is 93.4 cm³/mol. The number of hydrogen-bond acceptors (Lipinski definition) is 6. The molecule has 0 radical (unpaired) electrons. The van der Waals surface area contributed by atoms with Crippen molar-refractivity contribution in [1.29, 1.82) is 16.1 Å². The molecule has 0 spiro atoms. The van der Waals surface area contributed by atoms with Gasteiger partial charge in [0, 0.05) is 28.4 Å². The van der Waals surface area contributed by atoms with E-state index in [0.717, 1.165) is 10.4 Å². The minimum Gasteiger partial charge on any atom is -0.421 e. The van der Waals surface area contributed by atoms with E-state index < -0.39 is 0 Å². The van der Waals surface area contributed by atoms with E-state index in [4.69, 9.17) is 20.8 Å². The number of benzene rings is 1. The van der Waals surface area contributed by atoms with Crippen LogP contribution in [0.1, 0.15) is 16.7 Å². The van der Waals surface area contributed by atoms with Gasteiger partial charge in [0.25, 0.3) is 0 Å². The van der Waals surface area contributed by atoms with Gasteiger partial charge in [-0.15, -0.1) is 11.3 Å². The molecule has 5 nitrogen and oxygen atoms in total. The van der Waals surface area contributed by atoms with Gasteiger partial charge in [0.2, 0.25) is 11.8 Å². The van der Waals surface area contributed by atoms with Gasteiger partial charge in [-0.3, -0.25) is 15.8 Å². The SMILES string of the molecule is N#Cc1ccc(C(=N)OC(=N)c2cncc(-c3cccs3)c2)cc1. The molecule has 0 amide bonds. The van der Waals surface area contributed by atoms with E-state index in [1.165, 1.54) is 6.20 Å². The highest BCUT2D eigenvalue weighted by Crippen LogP contribution is 2.24. The van der Waals surface area contributed by atoms with Crippen molar-refractivity contribution in [3.8, 4) is 16.5 Å². The van der Waals surface area contributed by atoms with E-state index >= 15 is 0 Å². The topological polar surface area (TPSA) is 93.6 Å². The lowest BCUT2D eigenvalue weighted by Gasteiger charge is -2.09. The van der Waals surface area contributed by atoms with Crippen molar-refractivity contribution in [2.24, 2.45) is 0 Å². The predicted octanol–water partition coefficient (Wildman–Crippen LogP) is 4.05. The van der Waals surface area contributed by atoms with Gasteiger partial charge in [-0.05, 0) is 41.8 Å². The minimum absolute atomic E-state index is 0.143. The summed E-state index contributed by atoms with van der Waals surface area (Å²) in [5.74, 6) is -0.290. The average molecular weight is 332 g/mol. The molecule has 2 N–H and O–H groups in total. The van der Waals surface area contributed by atoms with E-state index in [-0.39, 0.29) is 11.8 Å². The largest absolute Gasteiger partial charge is 0.421 e. The van der Waals surface area contributed by atoms with Crippen LogP contribution in [0.15, 0.2) is 60.2 Å². The number of ether oxygens (including phenoxy) is 1. The van der Waals surface area contributed by atoms with Gasteiger partial charge in [0.15, 0.2) is 0 Å². The highest BCUT2D eigenvalue weighted by molar-refractivity contribution is 7.13. The third-order valence-electron chi connectivity index (χ3n) is 3.29. The lowest BCUT2D eigenvalue weighted by atomic mass is 10.1. The summed E-state index contributed by atoms with van der Waals surface area (Å²) in [6.07, 6.45) is 3.26. The monoisotopic (exact) mass is 332 g/mol. The van der Waals surface area contributed by atoms with Crippen LogP contribution in [0.4, 0.5) is 0 Å². The summed E-state index contributed by atoms with van der Waals surface area (Å²) >= 11 is 1.59. The van der Waals surface area contributed by atoms with Gasteiger partial charge in [-0.25, -0.2) is 0 Å². The van der Waals surface area contributed by atoms with E-state index in [2.05, 4.69) is 4.98 Å². The van der Waals surface area contributed by atoms with Crippen LogP contribution in [0.5, 0.6) is 0 Å². The van der Waals surface area contributed by atoms with Crippen LogP contribution in [0, 0.1) is 22.1 Å². The molecule has 0 atom stereocenters. The molecule has 3 rings (SSSR count). The molecule has 24 heavy (non-hydrogen) atoms. The van der Waals surface area contributed by atoms with Crippen molar-refractivity contribution < 1.29 is 4.74 Å². The molecule has 3 aromatic rings. The van der Waals surface area contributed by atoms with Crippen LogP contribution in [0.3, 0.4) is 0 Å². The highest BCUT2D eigenvalue weighted by Gasteiger charge is 2.11. The van der Waals surface area contributed by atoms with Crippen LogP contribution in [0.25, 0.3) is 10.4 Å². The fourth-order valence-corrected chi connectivity index (χ4v) is 2.77. The Morgan fingerprint density at radius 3 is 2.46 bits per heavy atom. The molecule has 0 aliphatic carbocycles. The van der Waals surface area contributed by atoms with Gasteiger partial charge < -0.3 is 4.74 Å². The Kier molecular flexibility index (Phi) is 4.45. The zero-order valence-electron chi connectivity index (χ0n) is 12.5. The fourth-order valence-electron chi connectivity index (χ4n) is 2.06. The number of aromatic nitrogens is 1. The summed E-state index contributed by atoms with van der Waals surface area (Å²) in [6, 6.07) is 14.2. The maximum absolute atomic E-state index is 8.79. The number of nitrogens with zero attached hydrogens (tertiary/aromatic N) is 2. The summed E-state index contributed by atoms with van der Waals surface area (Å²) < 4.78 is 5.32. The van der Waals surface area contributed by atoms with Gasteiger partial charge in [0.1, 0.15) is 0 Å². The van der Waals surface area contributed by atoms with Gasteiger partial charge in [-0.1, -0.05) is 6.07 Å². The van der Waals surface area contributed by atoms with Gasteiger partial charge in [0.05, 0.1) is 17.2 Å². The first kappa shape index (κ1) is 15.6. The maximum atomic E-state index is 8.79. The zero-order valence-corrected chi connectivity index (χ0v) is 13.3. The molecule has 1 aromatic carbocycles. The molecule has 0 aliphatic rings. The lowest BCUT2D eigenvalue weighted by molar-refractivity contribution is 0.538. The Morgan fingerprint density at radius 2 is 1.79 bits per heavy atom. The smallest absolute Gasteiger partial charge is 0.222 e. The number of nitrogens with one attached hydrogen (secondary N) is 2. The number of thiophene rings is 1. The Balaban J connectivity index is 1.76. The third kappa shape index (κ3) is 3.37. The first-order chi connectivity index (χ1) is 11.7. The standard InChI is InChI=1S/C18H12N4OS/c19-9-12-3-5-13(6-4-12)17(20)23-18(21)15-8-14(10-22-11-15)16-2-1-7-24-16/h1-8,10-11,20-21H. The van der Waals surface area contributed by atoms with E-state index in [1.807, 2.05) is 29.6 Å². The summed E-state index contributed by atoms with van der Waals surface area (Å²) in [5.41, 5.74) is 2.41. The number of rotatable bonds is 3. The first-order valence-electron chi connectivity index (χ1n) is 7.02. The average Bonchev–Trinajstić information content (AvgIpc) is 3.16. The van der Waals surface area contributed by atoms with Gasteiger partial charge in [-0.2, -0.15) is 5.26 Å². The van der Waals surface area contributed by atoms with Crippen LogP contribution in [0.2, 0.25) is 0 Å². The van der Waals surface area contributed by atoms with Crippen molar-refractivity contribution in [3.63, 3.8) is 0 Å². The van der Waals surface area contributed by atoms with Crippen molar-refractivity contribution in [2.45, 2.75) is 0 Å². The van der Waals surface area contributed by atoms with Crippen molar-refractivity contribution in [3.05, 3.63) is 76.9 Å². The number of nitriles is 1. The molecule has 116 valence electrons. The number of hydrogen-bond donors (Lipinski definition) is 2. The summed E-state index contributed by atoms with van der Waals surface area (Å²) in [7, 11) is 0. The number of pyridine rings is 1. The van der Waals surface area contributed by atoms with Crippen LogP contribution >= 0.6 is 11.3 Å². The molecule has 0 saturated heterocycles. The quantitative estimate of drug-likeness (QED) is 0.559. The molecule has 0 unspecified atom stereocenters. The second-order valence-electron chi connectivity index (χ2n) is 4.89. The summed E-state index contributed by atoms with van der Waals surface area (Å²) in [6.45, 7) is 0. The normalized spacial score (nSPS) is 9.96. The van der Waals surface area contributed by atoms with Crippen molar-refractivity contribution >= 4 is 23.1 Å².